The summed E-state index contributed by atoms with van der Waals surface area (Å²) in [7, 11) is -4.26. The van der Waals surface area contributed by atoms with Crippen LogP contribution in [0.1, 0.15) is 77.0 Å². The van der Waals surface area contributed by atoms with Crippen LogP contribution in [0.5, 0.6) is 0 Å². The summed E-state index contributed by atoms with van der Waals surface area (Å²) < 4.78 is 34.3. The van der Waals surface area contributed by atoms with E-state index in [1.54, 1.807) is 24.3 Å². The first-order chi connectivity index (χ1) is 22.5. The van der Waals surface area contributed by atoms with Crippen molar-refractivity contribution >= 4 is 39.6 Å². The molecule has 1 aromatic carbocycles. The molecular weight excluding hydrogens is 626 g/mol. The second-order valence-corrected chi connectivity index (χ2v) is 15.0. The zero-order chi connectivity index (χ0) is 33.6. The average Bonchev–Trinajstić information content (AvgIpc) is 3.84. The highest BCUT2D eigenvalue weighted by molar-refractivity contribution is 7.90. The topological polar surface area (TPSA) is 192 Å². The van der Waals surface area contributed by atoms with Crippen LogP contribution >= 0.6 is 0 Å². The number of hydrogen-bond acceptors (Lipinski definition) is 9. The van der Waals surface area contributed by atoms with Gasteiger partial charge in [0.15, 0.2) is 0 Å². The van der Waals surface area contributed by atoms with Crippen LogP contribution in [0.3, 0.4) is 0 Å². The number of ether oxygens (including phenoxy) is 1. The highest BCUT2D eigenvalue weighted by Crippen LogP contribution is 2.48. The number of sulfonamides is 1. The first-order valence-electron chi connectivity index (χ1n) is 16.8. The number of carboxylic acids is 1. The number of anilines is 1. The van der Waals surface area contributed by atoms with E-state index in [0.717, 1.165) is 64.3 Å². The monoisotopic (exact) mass is 673 g/mol. The first kappa shape index (κ1) is 34.7. The lowest BCUT2D eigenvalue weighted by Crippen LogP contribution is -2.56. The van der Waals surface area contributed by atoms with Gasteiger partial charge in [0.05, 0.1) is 11.7 Å². The molecule has 1 aliphatic heterocycles. The number of unbranched alkanes of at least 4 members (excludes halogenated alkanes) is 4. The third kappa shape index (κ3) is 8.64. The smallest absolute Gasteiger partial charge is 0.408 e. The summed E-state index contributed by atoms with van der Waals surface area (Å²) in [5.74, 6) is -1.75. The van der Waals surface area contributed by atoms with Gasteiger partial charge in [0, 0.05) is 12.5 Å². The van der Waals surface area contributed by atoms with E-state index in [-0.39, 0.29) is 41.2 Å². The molecule has 5 rings (SSSR count). The van der Waals surface area contributed by atoms with Gasteiger partial charge in [0.1, 0.15) is 22.6 Å². The number of rotatable bonds is 18. The van der Waals surface area contributed by atoms with Crippen LogP contribution < -0.4 is 26.0 Å². The largest absolute Gasteiger partial charge is 0.480 e. The Balaban J connectivity index is 1.04. The summed E-state index contributed by atoms with van der Waals surface area (Å²) in [5, 5.41) is 21.1. The van der Waals surface area contributed by atoms with Crippen LogP contribution in [0, 0.1) is 17.8 Å². The minimum Gasteiger partial charge on any atom is -0.480 e. The molecule has 1 aromatic rings. The predicted molar refractivity (Wildman–Crippen MR) is 174 cm³/mol. The number of piperidine rings is 1. The van der Waals surface area contributed by atoms with Crippen molar-refractivity contribution < 1.29 is 37.4 Å². The minimum atomic E-state index is -4.26. The molecule has 47 heavy (non-hydrogen) atoms. The van der Waals surface area contributed by atoms with Crippen LogP contribution in [0.4, 0.5) is 10.5 Å². The van der Waals surface area contributed by atoms with E-state index in [9.17, 15) is 32.7 Å². The molecule has 6 atom stereocenters. The number of aliphatic carboxylic acids is 1. The third-order valence-electron chi connectivity index (χ3n) is 9.89. The van der Waals surface area contributed by atoms with Crippen molar-refractivity contribution in [1.82, 2.24) is 20.7 Å². The number of benzene rings is 1. The molecule has 0 aromatic heterocycles. The molecule has 1 saturated heterocycles. The van der Waals surface area contributed by atoms with Crippen molar-refractivity contribution in [2.24, 2.45) is 17.8 Å². The maximum atomic E-state index is 13.4. The SMILES string of the molecule is C=C[C@@H]1C[C@@]1(NC(=O)C1NCC2CC21)C(=O)NS(=O)(=O)c1ccccc1NCCCCCCC[C@H](NC(=O)OC1CCCC1)C(=O)O. The molecule has 4 aliphatic rings. The number of alkyl carbamates (subject to hydrolysis) is 1. The average molecular weight is 674 g/mol. The molecular formula is C33H47N5O8S. The normalized spacial score (nSPS) is 26.8. The number of hydrogen-bond donors (Lipinski definition) is 6. The van der Waals surface area contributed by atoms with Crippen LogP contribution in [0.25, 0.3) is 0 Å². The van der Waals surface area contributed by atoms with Gasteiger partial charge in [-0.15, -0.1) is 6.58 Å². The zero-order valence-corrected chi connectivity index (χ0v) is 27.5. The van der Waals surface area contributed by atoms with Crippen LogP contribution in [-0.2, 0) is 29.1 Å². The van der Waals surface area contributed by atoms with Crippen LogP contribution in [0.15, 0.2) is 41.8 Å². The fourth-order valence-electron chi connectivity index (χ4n) is 6.90. The Hall–Kier alpha value is -3.65. The second-order valence-electron chi connectivity index (χ2n) is 13.3. The first-order valence-corrected chi connectivity index (χ1v) is 18.3. The predicted octanol–water partition coefficient (Wildman–Crippen LogP) is 3.03. The second kappa shape index (κ2) is 15.1. The van der Waals surface area contributed by atoms with Crippen molar-refractivity contribution in [1.29, 1.82) is 0 Å². The lowest BCUT2D eigenvalue weighted by Gasteiger charge is -2.22. The van der Waals surface area contributed by atoms with Crippen molar-refractivity contribution in [3.63, 3.8) is 0 Å². The molecule has 0 radical (unpaired) electrons. The maximum Gasteiger partial charge on any atom is 0.408 e. The van der Waals surface area contributed by atoms with E-state index in [1.165, 1.54) is 6.07 Å². The molecule has 6 N–H and O–H groups in total. The van der Waals surface area contributed by atoms with Crippen molar-refractivity contribution in [3.8, 4) is 0 Å². The Morgan fingerprint density at radius 3 is 2.47 bits per heavy atom. The number of carboxylic acid groups (broad SMARTS) is 1. The molecule has 3 aliphatic carbocycles. The molecule has 3 saturated carbocycles. The Morgan fingerprint density at radius 1 is 1.09 bits per heavy atom. The van der Waals surface area contributed by atoms with Crippen LogP contribution in [0.2, 0.25) is 0 Å². The lowest BCUT2D eigenvalue weighted by molar-refractivity contribution is -0.139. The van der Waals surface area contributed by atoms with Gasteiger partial charge in [0.25, 0.3) is 15.9 Å². The molecule has 0 bridgehead atoms. The number of carbonyl (C=O) groups is 4. The molecule has 1 heterocycles. The van der Waals surface area contributed by atoms with Crippen molar-refractivity contribution in [3.05, 3.63) is 36.9 Å². The Morgan fingerprint density at radius 2 is 1.81 bits per heavy atom. The number of amides is 3. The van der Waals surface area contributed by atoms with Gasteiger partial charge in [-0.2, -0.15) is 0 Å². The molecule has 0 spiro atoms. The van der Waals surface area contributed by atoms with Crippen molar-refractivity contribution in [2.45, 2.75) is 106 Å². The van der Waals surface area contributed by atoms with Gasteiger partial charge in [-0.25, -0.2) is 22.7 Å². The molecule has 3 amide bonds. The Kier molecular flexibility index (Phi) is 11.1. The van der Waals surface area contributed by atoms with E-state index in [1.807, 2.05) is 0 Å². The number of nitrogens with one attached hydrogen (secondary N) is 5. The van der Waals surface area contributed by atoms with Gasteiger partial charge in [0.2, 0.25) is 5.91 Å². The van der Waals surface area contributed by atoms with E-state index in [0.29, 0.717) is 31.0 Å². The summed E-state index contributed by atoms with van der Waals surface area (Å²) in [5.41, 5.74) is -0.987. The third-order valence-corrected chi connectivity index (χ3v) is 11.3. The Bertz CT molecular complexity index is 1450. The fraction of sp³-hybridized carbons (Fsp3) is 0.636. The fourth-order valence-corrected chi connectivity index (χ4v) is 8.12. The molecule has 4 fully saturated rings. The van der Waals surface area contributed by atoms with E-state index in [4.69, 9.17) is 4.74 Å². The van der Waals surface area contributed by atoms with Crippen LogP contribution in [-0.4, -0.2) is 74.2 Å². The molecule has 13 nitrogen and oxygen atoms in total. The summed E-state index contributed by atoms with van der Waals surface area (Å²) in [6.07, 6.45) is 9.80. The zero-order valence-electron chi connectivity index (χ0n) is 26.7. The summed E-state index contributed by atoms with van der Waals surface area (Å²) in [6, 6.07) is 4.98. The summed E-state index contributed by atoms with van der Waals surface area (Å²) in [6.45, 7) is 5.01. The minimum absolute atomic E-state index is 0.0671. The van der Waals surface area contributed by atoms with E-state index in [2.05, 4.69) is 32.6 Å². The van der Waals surface area contributed by atoms with Gasteiger partial charge in [-0.05, 0) is 81.9 Å². The number of para-hydroxylation sites is 1. The van der Waals surface area contributed by atoms with E-state index >= 15 is 0 Å². The van der Waals surface area contributed by atoms with Gasteiger partial charge in [-0.3, -0.25) is 9.59 Å². The number of fused-ring (bicyclic) bond motifs is 1. The quantitative estimate of drug-likeness (QED) is 0.0997. The Labute approximate surface area is 276 Å². The maximum absolute atomic E-state index is 13.4. The van der Waals surface area contributed by atoms with Gasteiger partial charge in [-0.1, -0.05) is 43.9 Å². The molecule has 14 heteroatoms. The van der Waals surface area contributed by atoms with Gasteiger partial charge >= 0.3 is 12.1 Å². The molecule has 3 unspecified atom stereocenters. The summed E-state index contributed by atoms with van der Waals surface area (Å²) in [4.78, 5) is 49.9. The summed E-state index contributed by atoms with van der Waals surface area (Å²) >= 11 is 0. The van der Waals surface area contributed by atoms with Gasteiger partial charge < -0.3 is 31.1 Å². The standard InChI is InChI=1S/C33H47N5O8S/c1-2-22-19-33(22,37-29(39)28-24-18-21(24)20-35-28)31(42)38-47(44,45)27-16-10-9-14-25(27)34-17-11-5-3-4-6-15-26(30(40)41)36-32(43)46-23-12-7-8-13-23/h2,9-10,14,16,21-24,26,28,34-35H,1,3-8,11-13,15,17-20H2,(H,36,43)(H,37,39)(H,38,42)(H,40,41)/t21?,22-,24?,26+,28?,33+/m1/s1. The highest BCUT2D eigenvalue weighted by Gasteiger charge is 2.62. The van der Waals surface area contributed by atoms with Crippen molar-refractivity contribution in [2.75, 3.05) is 18.4 Å². The highest BCUT2D eigenvalue weighted by atomic mass is 32.2. The van der Waals surface area contributed by atoms with E-state index < -0.39 is 39.6 Å². The lowest BCUT2D eigenvalue weighted by atomic mass is 10.1. The molecule has 258 valence electrons. The number of carbonyl (C=O) groups excluding carboxylic acids is 3.